The van der Waals surface area contributed by atoms with Crippen molar-refractivity contribution >= 4 is 11.9 Å². The Balaban J connectivity index is 1.59. The van der Waals surface area contributed by atoms with Gasteiger partial charge < -0.3 is 15.4 Å². The smallest absolute Gasteiger partial charge is 0.323 e. The topological polar surface area (TPSA) is 78.5 Å². The van der Waals surface area contributed by atoms with E-state index in [0.29, 0.717) is 24.0 Å². The van der Waals surface area contributed by atoms with Gasteiger partial charge in [0.25, 0.3) is 0 Å². The molecule has 7 nitrogen and oxygen atoms in total. The van der Waals surface area contributed by atoms with Gasteiger partial charge in [-0.2, -0.15) is 0 Å². The van der Waals surface area contributed by atoms with Crippen LogP contribution in [0.25, 0.3) is 0 Å². The number of likely N-dealkylation sites (tertiary alicyclic amines) is 1. The lowest BCUT2D eigenvalue weighted by Gasteiger charge is -2.42. The summed E-state index contributed by atoms with van der Waals surface area (Å²) in [6.07, 6.45) is 5.20. The minimum absolute atomic E-state index is 0.0665. The van der Waals surface area contributed by atoms with Crippen LogP contribution >= 0.6 is 0 Å². The second-order valence-corrected chi connectivity index (χ2v) is 8.05. The first-order chi connectivity index (χ1) is 12.0. The zero-order chi connectivity index (χ0) is 18.0. The van der Waals surface area contributed by atoms with Gasteiger partial charge in [0, 0.05) is 32.5 Å². The number of hydrogen-bond donors (Lipinski definition) is 2. The first kappa shape index (κ1) is 18.6. The highest BCUT2D eigenvalue weighted by atomic mass is 16.5. The molecule has 2 aliphatic heterocycles. The van der Waals surface area contributed by atoms with Crippen LogP contribution < -0.4 is 10.6 Å². The molecule has 3 aliphatic rings. The van der Waals surface area contributed by atoms with Gasteiger partial charge in [0.1, 0.15) is 18.8 Å². The maximum atomic E-state index is 12.3. The van der Waals surface area contributed by atoms with Crippen LogP contribution in [0.5, 0.6) is 0 Å². The number of nitrogens with two attached hydrogens (primary N) is 1. The SMILES string of the molecule is COC(=O)[C@@H]1CC2[NH2+]CN(C)C2CN1CC1CCC(NC(C)=O)CC1. The Morgan fingerprint density at radius 1 is 1.24 bits per heavy atom. The van der Waals surface area contributed by atoms with Gasteiger partial charge in [-0.15, -0.1) is 0 Å². The summed E-state index contributed by atoms with van der Waals surface area (Å²) in [5.74, 6) is 0.578. The average molecular weight is 353 g/mol. The van der Waals surface area contributed by atoms with E-state index in [4.69, 9.17) is 4.74 Å². The molecule has 2 unspecified atom stereocenters. The van der Waals surface area contributed by atoms with Crippen LogP contribution in [-0.4, -0.2) is 79.8 Å². The first-order valence-corrected chi connectivity index (χ1v) is 9.60. The van der Waals surface area contributed by atoms with Crippen molar-refractivity contribution in [2.24, 2.45) is 5.92 Å². The number of carbonyl (C=O) groups is 2. The number of rotatable bonds is 4. The molecule has 0 aromatic carbocycles. The van der Waals surface area contributed by atoms with Gasteiger partial charge in [0.15, 0.2) is 0 Å². The fraction of sp³-hybridized carbons (Fsp3) is 0.889. The number of fused-ring (bicyclic) bond motifs is 1. The molecular weight excluding hydrogens is 320 g/mol. The van der Waals surface area contributed by atoms with Gasteiger partial charge >= 0.3 is 5.97 Å². The van der Waals surface area contributed by atoms with Crippen LogP contribution in [0, 0.1) is 5.92 Å². The Morgan fingerprint density at radius 2 is 1.96 bits per heavy atom. The van der Waals surface area contributed by atoms with Gasteiger partial charge in [-0.25, -0.2) is 4.90 Å². The third-order valence-electron chi connectivity index (χ3n) is 6.33. The number of likely N-dealkylation sites (N-methyl/N-ethyl adjacent to an activating group) is 1. The molecule has 25 heavy (non-hydrogen) atoms. The van der Waals surface area contributed by atoms with E-state index in [1.807, 2.05) is 0 Å². The van der Waals surface area contributed by atoms with Crippen molar-refractivity contribution in [3.05, 3.63) is 0 Å². The maximum absolute atomic E-state index is 12.3. The highest BCUT2D eigenvalue weighted by molar-refractivity contribution is 5.76. The molecule has 3 atom stereocenters. The Labute approximate surface area is 150 Å². The van der Waals surface area contributed by atoms with E-state index >= 15 is 0 Å². The van der Waals surface area contributed by atoms with Crippen LogP contribution in [0.3, 0.4) is 0 Å². The lowest BCUT2D eigenvalue weighted by molar-refractivity contribution is -0.678. The number of quaternary nitrogens is 1. The van der Waals surface area contributed by atoms with Gasteiger partial charge in [-0.3, -0.25) is 14.5 Å². The fourth-order valence-electron chi connectivity index (χ4n) is 4.92. The van der Waals surface area contributed by atoms with Crippen molar-refractivity contribution in [2.75, 3.05) is 33.9 Å². The molecule has 2 heterocycles. The van der Waals surface area contributed by atoms with Crippen molar-refractivity contribution in [2.45, 2.75) is 63.2 Å². The van der Waals surface area contributed by atoms with Crippen LogP contribution in [0.2, 0.25) is 0 Å². The number of methoxy groups -OCH3 is 1. The van der Waals surface area contributed by atoms with Crippen LogP contribution in [0.15, 0.2) is 0 Å². The average Bonchev–Trinajstić information content (AvgIpc) is 2.95. The summed E-state index contributed by atoms with van der Waals surface area (Å²) in [5.41, 5.74) is 0. The van der Waals surface area contributed by atoms with Gasteiger partial charge in [-0.05, 0) is 38.6 Å². The lowest BCUT2D eigenvalue weighted by atomic mass is 9.84. The molecule has 0 aromatic heterocycles. The molecular formula is C18H33N4O3+. The second-order valence-electron chi connectivity index (χ2n) is 8.05. The normalized spacial score (nSPS) is 36.7. The third kappa shape index (κ3) is 4.33. The summed E-state index contributed by atoms with van der Waals surface area (Å²) in [6.45, 7) is 4.51. The molecule has 1 saturated carbocycles. The lowest BCUT2D eigenvalue weighted by Crippen LogP contribution is -2.89. The quantitative estimate of drug-likeness (QED) is 0.643. The number of carbonyl (C=O) groups excluding carboxylic acids is 2. The number of amides is 1. The molecule has 3 N–H and O–H groups in total. The summed E-state index contributed by atoms with van der Waals surface area (Å²) >= 11 is 0. The Morgan fingerprint density at radius 3 is 2.60 bits per heavy atom. The molecule has 7 heteroatoms. The Hall–Kier alpha value is -1.18. The maximum Gasteiger partial charge on any atom is 0.323 e. The molecule has 0 spiro atoms. The zero-order valence-electron chi connectivity index (χ0n) is 15.7. The molecule has 1 amide bonds. The number of ether oxygens (including phenoxy) is 1. The highest BCUT2D eigenvalue weighted by Crippen LogP contribution is 2.29. The van der Waals surface area contributed by atoms with Crippen molar-refractivity contribution in [3.63, 3.8) is 0 Å². The summed E-state index contributed by atoms with van der Waals surface area (Å²) in [6, 6.07) is 1.24. The van der Waals surface area contributed by atoms with Crippen molar-refractivity contribution < 1.29 is 19.6 Å². The highest BCUT2D eigenvalue weighted by Gasteiger charge is 2.46. The van der Waals surface area contributed by atoms with E-state index in [-0.39, 0.29) is 17.9 Å². The molecule has 3 rings (SSSR count). The number of hydrogen-bond acceptors (Lipinski definition) is 5. The van der Waals surface area contributed by atoms with Gasteiger partial charge in [0.2, 0.25) is 5.91 Å². The van der Waals surface area contributed by atoms with E-state index in [2.05, 4.69) is 27.5 Å². The van der Waals surface area contributed by atoms with E-state index in [1.54, 1.807) is 6.92 Å². The number of nitrogens with zero attached hydrogens (tertiary/aromatic N) is 2. The van der Waals surface area contributed by atoms with E-state index in [1.165, 1.54) is 7.11 Å². The number of nitrogens with one attached hydrogen (secondary N) is 1. The van der Waals surface area contributed by atoms with E-state index in [9.17, 15) is 9.59 Å². The van der Waals surface area contributed by atoms with E-state index < -0.39 is 0 Å². The first-order valence-electron chi connectivity index (χ1n) is 9.60. The van der Waals surface area contributed by atoms with Gasteiger partial charge in [-0.1, -0.05) is 0 Å². The van der Waals surface area contributed by atoms with Crippen LogP contribution in [0.1, 0.15) is 39.0 Å². The second kappa shape index (κ2) is 8.01. The minimum Gasteiger partial charge on any atom is -0.468 e. The largest absolute Gasteiger partial charge is 0.468 e. The van der Waals surface area contributed by atoms with Crippen molar-refractivity contribution in [1.82, 2.24) is 15.1 Å². The van der Waals surface area contributed by atoms with Crippen LogP contribution in [-0.2, 0) is 14.3 Å². The molecule has 2 saturated heterocycles. The monoisotopic (exact) mass is 353 g/mol. The standard InChI is InChI=1S/C18H32N4O3/c1-12(23)20-14-6-4-13(5-7-14)9-22-10-17-15(19-11-21(17)2)8-16(22)18(24)25-3/h13-17,19H,4-11H2,1-3H3,(H,20,23)/p+1/t13?,14?,15?,16-,17?/m0/s1. The Bertz CT molecular complexity index is 493. The molecule has 0 radical (unpaired) electrons. The van der Waals surface area contributed by atoms with Gasteiger partial charge in [0.05, 0.1) is 13.2 Å². The van der Waals surface area contributed by atoms with Crippen LogP contribution in [0.4, 0.5) is 0 Å². The molecule has 1 aliphatic carbocycles. The summed E-state index contributed by atoms with van der Waals surface area (Å²) in [7, 11) is 3.67. The van der Waals surface area contributed by atoms with E-state index in [0.717, 1.165) is 51.9 Å². The Kier molecular flexibility index (Phi) is 5.96. The third-order valence-corrected chi connectivity index (χ3v) is 6.33. The zero-order valence-corrected chi connectivity index (χ0v) is 15.7. The fourth-order valence-corrected chi connectivity index (χ4v) is 4.92. The number of esters is 1. The summed E-state index contributed by atoms with van der Waals surface area (Å²) in [5, 5.41) is 5.40. The summed E-state index contributed by atoms with van der Waals surface area (Å²) < 4.78 is 5.09. The molecule has 0 bridgehead atoms. The summed E-state index contributed by atoms with van der Waals surface area (Å²) in [4.78, 5) is 28.3. The molecule has 0 aromatic rings. The molecule has 3 fully saturated rings. The number of piperidine rings is 1. The molecule has 142 valence electrons. The minimum atomic E-state index is -0.109. The van der Waals surface area contributed by atoms with Crippen molar-refractivity contribution in [3.8, 4) is 0 Å². The predicted octanol–water partition coefficient (Wildman–Crippen LogP) is -0.868. The predicted molar refractivity (Wildman–Crippen MR) is 93.7 cm³/mol. The van der Waals surface area contributed by atoms with Crippen molar-refractivity contribution in [1.29, 1.82) is 0 Å².